The molecule has 0 bridgehead atoms. The monoisotopic (exact) mass is 288 g/mol. The number of hydrogen-bond acceptors (Lipinski definition) is 2. The number of halogens is 1. The van der Waals surface area contributed by atoms with Gasteiger partial charge in [0, 0.05) is 30.0 Å². The van der Waals surface area contributed by atoms with E-state index in [1.165, 1.54) is 36.5 Å². The van der Waals surface area contributed by atoms with Crippen LogP contribution in [0.1, 0.15) is 38.2 Å². The Bertz CT molecular complexity index is 593. The quantitative estimate of drug-likeness (QED) is 0.714. The van der Waals surface area contributed by atoms with Crippen molar-refractivity contribution in [3.63, 3.8) is 0 Å². The van der Waals surface area contributed by atoms with Crippen molar-refractivity contribution >= 4 is 28.2 Å². The maximum absolute atomic E-state index is 6.04. The summed E-state index contributed by atoms with van der Waals surface area (Å²) in [6, 6.07) is 9.20. The van der Waals surface area contributed by atoms with Gasteiger partial charge in [-0.1, -0.05) is 37.6 Å². The van der Waals surface area contributed by atoms with Gasteiger partial charge in [-0.3, -0.25) is 0 Å². The Balaban J connectivity index is 2.05. The van der Waals surface area contributed by atoms with Gasteiger partial charge in [-0.05, 0) is 30.2 Å². The van der Waals surface area contributed by atoms with Gasteiger partial charge < -0.3 is 4.90 Å². The van der Waals surface area contributed by atoms with E-state index < -0.39 is 0 Å². The van der Waals surface area contributed by atoms with E-state index in [1.54, 1.807) is 0 Å². The molecule has 3 rings (SSSR count). The summed E-state index contributed by atoms with van der Waals surface area (Å²) in [5, 5.41) is 2.49. The topological polar surface area (TPSA) is 16.1 Å². The third kappa shape index (κ3) is 2.62. The first-order valence-corrected chi connectivity index (χ1v) is 8.07. The van der Waals surface area contributed by atoms with Crippen LogP contribution in [0.3, 0.4) is 0 Å². The van der Waals surface area contributed by atoms with Gasteiger partial charge in [-0.25, -0.2) is 4.98 Å². The van der Waals surface area contributed by atoms with Crippen molar-refractivity contribution in [2.75, 3.05) is 11.4 Å². The van der Waals surface area contributed by atoms with Crippen LogP contribution in [-0.2, 0) is 5.88 Å². The minimum Gasteiger partial charge on any atom is -0.353 e. The van der Waals surface area contributed by atoms with Crippen molar-refractivity contribution in [2.24, 2.45) is 0 Å². The molecule has 1 aromatic heterocycles. The molecule has 1 fully saturated rings. The first-order chi connectivity index (χ1) is 9.85. The van der Waals surface area contributed by atoms with E-state index >= 15 is 0 Å². The highest BCUT2D eigenvalue weighted by atomic mass is 35.5. The molecule has 2 nitrogen and oxygen atoms in total. The summed E-state index contributed by atoms with van der Waals surface area (Å²) in [6.07, 6.45) is 7.00. The van der Waals surface area contributed by atoms with E-state index in [0.717, 1.165) is 17.9 Å². The number of fused-ring (bicyclic) bond motifs is 1. The van der Waals surface area contributed by atoms with Gasteiger partial charge >= 0.3 is 0 Å². The fraction of sp³-hybridized carbons (Fsp3) is 0.471. The molecule has 20 heavy (non-hydrogen) atoms. The zero-order chi connectivity index (χ0) is 13.9. The lowest BCUT2D eigenvalue weighted by atomic mass is 10.1. The second-order valence-corrected chi connectivity index (χ2v) is 5.83. The summed E-state index contributed by atoms with van der Waals surface area (Å²) >= 11 is 6.04. The van der Waals surface area contributed by atoms with Gasteiger partial charge in [0.25, 0.3) is 0 Å². The highest BCUT2D eigenvalue weighted by Gasteiger charge is 2.30. The van der Waals surface area contributed by atoms with Crippen LogP contribution in [0.4, 0.5) is 5.82 Å². The van der Waals surface area contributed by atoms with Crippen LogP contribution >= 0.6 is 11.6 Å². The highest BCUT2D eigenvalue weighted by molar-refractivity contribution is 6.18. The molecule has 1 heterocycles. The summed E-state index contributed by atoms with van der Waals surface area (Å²) in [5.74, 6) is 1.66. The van der Waals surface area contributed by atoms with Crippen molar-refractivity contribution in [3.8, 4) is 0 Å². The van der Waals surface area contributed by atoms with Crippen LogP contribution in [0.2, 0.25) is 0 Å². The second kappa shape index (κ2) is 6.01. The Kier molecular flexibility index (Phi) is 4.11. The Morgan fingerprint density at radius 1 is 1.25 bits per heavy atom. The number of hydrogen-bond donors (Lipinski definition) is 0. The Morgan fingerprint density at radius 2 is 2.00 bits per heavy atom. The lowest BCUT2D eigenvalue weighted by Gasteiger charge is -2.25. The molecule has 0 aliphatic heterocycles. The minimum atomic E-state index is 0.520. The minimum absolute atomic E-state index is 0.520. The maximum atomic E-state index is 6.04. The van der Waals surface area contributed by atoms with E-state index in [-0.39, 0.29) is 0 Å². The molecule has 0 spiro atoms. The largest absolute Gasteiger partial charge is 0.353 e. The van der Waals surface area contributed by atoms with Gasteiger partial charge in [0.1, 0.15) is 5.82 Å². The van der Waals surface area contributed by atoms with Gasteiger partial charge in [0.15, 0.2) is 0 Å². The Hall–Kier alpha value is -1.28. The molecule has 0 radical (unpaired) electrons. The molecule has 3 heteroatoms. The highest BCUT2D eigenvalue weighted by Crippen LogP contribution is 2.35. The lowest BCUT2D eigenvalue weighted by Crippen LogP contribution is -2.28. The number of pyridine rings is 1. The summed E-state index contributed by atoms with van der Waals surface area (Å²) in [7, 11) is 0. The average molecular weight is 289 g/mol. The molecule has 1 aromatic carbocycles. The fourth-order valence-corrected chi connectivity index (χ4v) is 2.96. The first-order valence-electron chi connectivity index (χ1n) is 7.54. The fourth-order valence-electron chi connectivity index (χ4n) is 2.75. The van der Waals surface area contributed by atoms with Crippen molar-refractivity contribution < 1.29 is 0 Å². The standard InChI is InChI=1S/C17H21ClN2/c1-2-3-10-20(14-8-9-14)17-16-7-5-4-6-15(16)13(11-18)12-19-17/h4-7,12,14H,2-3,8-11H2,1H3. The molecule has 1 aliphatic rings. The number of aromatic nitrogens is 1. The number of anilines is 1. The Morgan fingerprint density at radius 3 is 2.65 bits per heavy atom. The molecular weight excluding hydrogens is 268 g/mol. The number of unbranched alkanes of at least 4 members (excludes halogenated alkanes) is 1. The molecule has 0 amide bonds. The maximum Gasteiger partial charge on any atom is 0.136 e. The van der Waals surface area contributed by atoms with Crippen LogP contribution in [0.25, 0.3) is 10.8 Å². The summed E-state index contributed by atoms with van der Waals surface area (Å²) < 4.78 is 0. The molecular formula is C17H21ClN2. The van der Waals surface area contributed by atoms with Gasteiger partial charge in [-0.2, -0.15) is 0 Å². The molecule has 1 aliphatic carbocycles. The smallest absolute Gasteiger partial charge is 0.136 e. The summed E-state index contributed by atoms with van der Waals surface area (Å²) in [6.45, 7) is 3.35. The third-order valence-corrected chi connectivity index (χ3v) is 4.30. The molecule has 1 saturated carbocycles. The number of nitrogens with zero attached hydrogens (tertiary/aromatic N) is 2. The third-order valence-electron chi connectivity index (χ3n) is 4.01. The molecule has 2 aromatic rings. The molecule has 0 atom stereocenters. The molecule has 0 saturated heterocycles. The van der Waals surface area contributed by atoms with Crippen molar-refractivity contribution in [2.45, 2.75) is 44.5 Å². The van der Waals surface area contributed by atoms with Crippen LogP contribution in [0.5, 0.6) is 0 Å². The van der Waals surface area contributed by atoms with E-state index in [9.17, 15) is 0 Å². The van der Waals surface area contributed by atoms with Crippen LogP contribution in [0.15, 0.2) is 30.5 Å². The summed E-state index contributed by atoms with van der Waals surface area (Å²) in [4.78, 5) is 7.24. The predicted octanol–water partition coefficient (Wildman–Crippen LogP) is 4.74. The van der Waals surface area contributed by atoms with Crippen molar-refractivity contribution in [1.29, 1.82) is 0 Å². The number of rotatable bonds is 6. The zero-order valence-electron chi connectivity index (χ0n) is 12.0. The average Bonchev–Trinajstić information content (AvgIpc) is 3.32. The number of benzene rings is 1. The molecule has 0 unspecified atom stereocenters. The van der Waals surface area contributed by atoms with E-state index in [0.29, 0.717) is 11.9 Å². The molecule has 106 valence electrons. The van der Waals surface area contributed by atoms with Gasteiger partial charge in [0.05, 0.1) is 0 Å². The van der Waals surface area contributed by atoms with Crippen LogP contribution in [-0.4, -0.2) is 17.6 Å². The van der Waals surface area contributed by atoms with E-state index in [4.69, 9.17) is 16.6 Å². The van der Waals surface area contributed by atoms with Crippen molar-refractivity contribution in [3.05, 3.63) is 36.0 Å². The zero-order valence-corrected chi connectivity index (χ0v) is 12.7. The normalized spacial score (nSPS) is 14.7. The lowest BCUT2D eigenvalue weighted by molar-refractivity contribution is 0.707. The van der Waals surface area contributed by atoms with Crippen LogP contribution < -0.4 is 4.90 Å². The van der Waals surface area contributed by atoms with Crippen LogP contribution in [0, 0.1) is 0 Å². The second-order valence-electron chi connectivity index (χ2n) is 5.56. The predicted molar refractivity (Wildman–Crippen MR) is 86.6 cm³/mol. The first kappa shape index (κ1) is 13.7. The van der Waals surface area contributed by atoms with Crippen molar-refractivity contribution in [1.82, 2.24) is 4.98 Å². The molecule has 0 N–H and O–H groups in total. The number of alkyl halides is 1. The van der Waals surface area contributed by atoms with E-state index in [1.807, 2.05) is 6.20 Å². The SMILES string of the molecule is CCCCN(c1ncc(CCl)c2ccccc12)C1CC1. The Labute approximate surface area is 125 Å². The van der Waals surface area contributed by atoms with Gasteiger partial charge in [0.2, 0.25) is 0 Å². The summed E-state index contributed by atoms with van der Waals surface area (Å²) in [5.41, 5.74) is 1.12. The van der Waals surface area contributed by atoms with Gasteiger partial charge in [-0.15, -0.1) is 11.6 Å². The van der Waals surface area contributed by atoms with E-state index in [2.05, 4.69) is 36.1 Å².